The van der Waals surface area contributed by atoms with Gasteiger partial charge in [0.25, 0.3) is 0 Å². The molecular weight excluding hydrogens is 282 g/mol. The molecule has 1 heterocycles. The maximum absolute atomic E-state index is 12.3. The van der Waals surface area contributed by atoms with Gasteiger partial charge < -0.3 is 10.0 Å². The van der Waals surface area contributed by atoms with Gasteiger partial charge in [-0.15, -0.1) is 11.8 Å². The molecule has 1 N–H and O–H groups in total. The van der Waals surface area contributed by atoms with Crippen LogP contribution in [0.4, 0.5) is 5.69 Å². The predicted molar refractivity (Wildman–Crippen MR) is 80.9 cm³/mol. The molecule has 19 heavy (non-hydrogen) atoms. The molecule has 5 heteroatoms. The zero-order chi connectivity index (χ0) is 13.8. The molecule has 0 unspecified atom stereocenters. The van der Waals surface area contributed by atoms with Crippen LogP contribution in [0.2, 0.25) is 5.02 Å². The van der Waals surface area contributed by atoms with E-state index in [1.807, 2.05) is 25.1 Å². The summed E-state index contributed by atoms with van der Waals surface area (Å²) in [6, 6.07) is 7.40. The Balaban J connectivity index is 1.98. The molecular formula is C14H18ClNO2S. The van der Waals surface area contributed by atoms with Gasteiger partial charge in [-0.2, -0.15) is 0 Å². The highest BCUT2D eigenvalue weighted by Gasteiger charge is 2.32. The van der Waals surface area contributed by atoms with Crippen molar-refractivity contribution >= 4 is 35.0 Å². The number of hydrogen-bond acceptors (Lipinski definition) is 3. The van der Waals surface area contributed by atoms with Crippen molar-refractivity contribution in [3.8, 4) is 0 Å². The number of amides is 1. The lowest BCUT2D eigenvalue weighted by atomic mass is 10.2. The highest BCUT2D eigenvalue weighted by Crippen LogP contribution is 2.30. The summed E-state index contributed by atoms with van der Waals surface area (Å²) in [5.41, 5.74) is 0.871. The van der Waals surface area contributed by atoms with Crippen molar-refractivity contribution in [2.75, 3.05) is 23.8 Å². The first-order valence-electron chi connectivity index (χ1n) is 6.41. The lowest BCUT2D eigenvalue weighted by Crippen LogP contribution is -2.28. The average Bonchev–Trinajstić information content (AvgIpc) is 2.77. The van der Waals surface area contributed by atoms with Crippen LogP contribution in [0.5, 0.6) is 0 Å². The second-order valence-corrected chi connectivity index (χ2v) is 6.54. The van der Waals surface area contributed by atoms with Crippen LogP contribution in [0.3, 0.4) is 0 Å². The summed E-state index contributed by atoms with van der Waals surface area (Å²) in [6.45, 7) is 2.90. The Hall–Kier alpha value is -0.710. The summed E-state index contributed by atoms with van der Waals surface area (Å²) in [4.78, 5) is 14.1. The van der Waals surface area contributed by atoms with Crippen molar-refractivity contribution in [1.29, 1.82) is 0 Å². The summed E-state index contributed by atoms with van der Waals surface area (Å²) in [6.07, 6.45) is 0.855. The smallest absolute Gasteiger partial charge is 0.240 e. The first-order chi connectivity index (χ1) is 9.11. The van der Waals surface area contributed by atoms with Crippen molar-refractivity contribution in [2.45, 2.75) is 18.6 Å². The molecule has 0 spiro atoms. The van der Waals surface area contributed by atoms with Gasteiger partial charge in [-0.25, -0.2) is 0 Å². The second kappa shape index (κ2) is 6.64. The second-order valence-electron chi connectivity index (χ2n) is 4.87. The molecule has 0 bridgehead atoms. The van der Waals surface area contributed by atoms with Crippen LogP contribution >= 0.6 is 23.4 Å². The molecule has 1 amide bonds. The zero-order valence-electron chi connectivity index (χ0n) is 10.9. The molecule has 0 saturated carbocycles. The Kier molecular flexibility index (Phi) is 5.13. The monoisotopic (exact) mass is 299 g/mol. The van der Waals surface area contributed by atoms with Crippen molar-refractivity contribution in [3.05, 3.63) is 29.3 Å². The number of carbonyl (C=O) groups excluding carboxylic acids is 1. The van der Waals surface area contributed by atoms with Crippen molar-refractivity contribution in [2.24, 2.45) is 5.92 Å². The van der Waals surface area contributed by atoms with Gasteiger partial charge in [-0.1, -0.05) is 24.6 Å². The number of benzene rings is 1. The van der Waals surface area contributed by atoms with Crippen LogP contribution in [-0.4, -0.2) is 35.2 Å². The number of rotatable bonds is 5. The van der Waals surface area contributed by atoms with Crippen LogP contribution in [-0.2, 0) is 4.79 Å². The fourth-order valence-corrected chi connectivity index (χ4v) is 3.43. The quantitative estimate of drug-likeness (QED) is 0.909. The van der Waals surface area contributed by atoms with E-state index in [-0.39, 0.29) is 23.7 Å². The maximum atomic E-state index is 12.3. The predicted octanol–water partition coefficient (Wildman–Crippen LogP) is 2.81. The third-order valence-corrected chi connectivity index (χ3v) is 5.01. The van der Waals surface area contributed by atoms with Gasteiger partial charge >= 0.3 is 0 Å². The number of halogens is 1. The molecule has 3 nitrogen and oxygen atoms in total. The Labute approximate surface area is 122 Å². The van der Waals surface area contributed by atoms with Gasteiger partial charge in [0.2, 0.25) is 5.91 Å². The Bertz CT molecular complexity index is 455. The van der Waals surface area contributed by atoms with Gasteiger partial charge in [0.1, 0.15) is 0 Å². The third kappa shape index (κ3) is 3.65. The average molecular weight is 300 g/mol. The van der Waals surface area contributed by atoms with Crippen LogP contribution in [0, 0.1) is 5.92 Å². The zero-order valence-corrected chi connectivity index (χ0v) is 12.5. The van der Waals surface area contributed by atoms with Crippen LogP contribution < -0.4 is 4.90 Å². The van der Waals surface area contributed by atoms with Crippen LogP contribution in [0.25, 0.3) is 0 Å². The summed E-state index contributed by atoms with van der Waals surface area (Å²) in [5.74, 6) is 1.20. The van der Waals surface area contributed by atoms with Gasteiger partial charge in [-0.3, -0.25) is 4.79 Å². The van der Waals surface area contributed by atoms with E-state index < -0.39 is 0 Å². The minimum atomic E-state index is 0.00739. The van der Waals surface area contributed by atoms with E-state index in [1.54, 1.807) is 22.7 Å². The van der Waals surface area contributed by atoms with E-state index in [0.717, 1.165) is 24.4 Å². The standard InChI is InChI=1S/C14H18ClNO2S/c1-10(8-17)9-19-13-5-6-16(14(13)18)12-4-2-3-11(15)7-12/h2-4,7,10,13,17H,5-6,8-9H2,1H3/t10-,13+/m0/s1. The molecule has 0 aromatic heterocycles. The highest BCUT2D eigenvalue weighted by atomic mass is 35.5. The molecule has 1 aromatic carbocycles. The first kappa shape index (κ1) is 14.7. The van der Waals surface area contributed by atoms with Gasteiger partial charge in [-0.05, 0) is 36.3 Å². The molecule has 1 aliphatic heterocycles. The van der Waals surface area contributed by atoms with Gasteiger partial charge in [0.15, 0.2) is 0 Å². The summed E-state index contributed by atoms with van der Waals surface area (Å²) in [7, 11) is 0. The number of hydrogen-bond donors (Lipinski definition) is 1. The van der Waals surface area contributed by atoms with Gasteiger partial charge in [0, 0.05) is 23.9 Å². The van der Waals surface area contributed by atoms with Crippen LogP contribution in [0.1, 0.15) is 13.3 Å². The Morgan fingerprint density at radius 3 is 3.05 bits per heavy atom. The summed E-state index contributed by atoms with van der Waals surface area (Å²) >= 11 is 7.60. The number of aliphatic hydroxyl groups excluding tert-OH is 1. The van der Waals surface area contributed by atoms with E-state index in [1.165, 1.54) is 0 Å². The van der Waals surface area contributed by atoms with Crippen molar-refractivity contribution < 1.29 is 9.90 Å². The SMILES string of the molecule is C[C@@H](CO)CS[C@@H]1CCN(c2cccc(Cl)c2)C1=O. The lowest BCUT2D eigenvalue weighted by Gasteiger charge is -2.17. The maximum Gasteiger partial charge on any atom is 0.240 e. The molecule has 0 radical (unpaired) electrons. The fourth-order valence-electron chi connectivity index (χ4n) is 2.04. The van der Waals surface area contributed by atoms with E-state index in [9.17, 15) is 4.79 Å². The molecule has 2 rings (SSSR count). The number of anilines is 1. The number of carbonyl (C=O) groups is 1. The minimum Gasteiger partial charge on any atom is -0.396 e. The normalized spacial score (nSPS) is 20.9. The number of nitrogens with zero attached hydrogens (tertiary/aromatic N) is 1. The molecule has 1 aliphatic rings. The molecule has 1 saturated heterocycles. The Morgan fingerprint density at radius 1 is 1.58 bits per heavy atom. The van der Waals surface area contributed by atoms with E-state index in [2.05, 4.69) is 0 Å². The molecule has 2 atom stereocenters. The Morgan fingerprint density at radius 2 is 2.37 bits per heavy atom. The first-order valence-corrected chi connectivity index (χ1v) is 7.84. The lowest BCUT2D eigenvalue weighted by molar-refractivity contribution is -0.116. The number of thioether (sulfide) groups is 1. The molecule has 104 valence electrons. The van der Waals surface area contributed by atoms with Crippen molar-refractivity contribution in [1.82, 2.24) is 0 Å². The largest absolute Gasteiger partial charge is 0.396 e. The van der Waals surface area contributed by atoms with E-state index in [4.69, 9.17) is 16.7 Å². The minimum absolute atomic E-state index is 0.00739. The summed E-state index contributed by atoms with van der Waals surface area (Å²) < 4.78 is 0. The third-order valence-electron chi connectivity index (χ3n) is 3.17. The molecule has 0 aliphatic carbocycles. The number of aliphatic hydroxyl groups is 1. The van der Waals surface area contributed by atoms with E-state index >= 15 is 0 Å². The van der Waals surface area contributed by atoms with E-state index in [0.29, 0.717) is 5.02 Å². The highest BCUT2D eigenvalue weighted by molar-refractivity contribution is 8.00. The van der Waals surface area contributed by atoms with Crippen molar-refractivity contribution in [3.63, 3.8) is 0 Å². The topological polar surface area (TPSA) is 40.5 Å². The molecule has 1 fully saturated rings. The summed E-state index contributed by atoms with van der Waals surface area (Å²) in [5, 5.41) is 9.67. The fraction of sp³-hybridized carbons (Fsp3) is 0.500. The van der Waals surface area contributed by atoms with Crippen LogP contribution in [0.15, 0.2) is 24.3 Å². The van der Waals surface area contributed by atoms with Gasteiger partial charge in [0.05, 0.1) is 5.25 Å². The molecule has 1 aromatic rings.